The Kier molecular flexibility index (Phi) is 3.89. The number of pyridine rings is 1. The molecular formula is C16H13ClN4O. The molecule has 110 valence electrons. The van der Waals surface area contributed by atoms with Crippen molar-refractivity contribution < 1.29 is 4.79 Å². The monoisotopic (exact) mass is 312 g/mol. The van der Waals surface area contributed by atoms with Crippen molar-refractivity contribution in [3.05, 3.63) is 65.1 Å². The molecule has 2 heterocycles. The summed E-state index contributed by atoms with van der Waals surface area (Å²) in [7, 11) is 0. The highest BCUT2D eigenvalue weighted by Crippen LogP contribution is 2.21. The number of hydrogen-bond acceptors (Lipinski definition) is 3. The van der Waals surface area contributed by atoms with E-state index in [-0.39, 0.29) is 5.91 Å². The van der Waals surface area contributed by atoms with Crippen LogP contribution in [-0.4, -0.2) is 21.1 Å². The molecule has 0 aliphatic rings. The lowest BCUT2D eigenvalue weighted by Gasteiger charge is -2.07. The van der Waals surface area contributed by atoms with E-state index in [0.29, 0.717) is 22.1 Å². The molecule has 0 atom stereocenters. The lowest BCUT2D eigenvalue weighted by Crippen LogP contribution is -2.13. The molecule has 0 saturated heterocycles. The molecular weight excluding hydrogens is 300 g/mol. The van der Waals surface area contributed by atoms with Gasteiger partial charge in [-0.3, -0.25) is 14.9 Å². The second-order valence-corrected chi connectivity index (χ2v) is 5.26. The zero-order valence-electron chi connectivity index (χ0n) is 11.8. The number of amides is 1. The highest BCUT2D eigenvalue weighted by Gasteiger charge is 2.12. The van der Waals surface area contributed by atoms with Gasteiger partial charge in [0.05, 0.1) is 5.69 Å². The van der Waals surface area contributed by atoms with Crippen molar-refractivity contribution in [2.45, 2.75) is 6.92 Å². The summed E-state index contributed by atoms with van der Waals surface area (Å²) >= 11 is 5.91. The zero-order chi connectivity index (χ0) is 15.5. The van der Waals surface area contributed by atoms with E-state index in [9.17, 15) is 4.79 Å². The second kappa shape index (κ2) is 5.99. The average Bonchev–Trinajstić information content (AvgIpc) is 3.01. The number of rotatable bonds is 3. The van der Waals surface area contributed by atoms with Gasteiger partial charge in [0.2, 0.25) is 0 Å². The molecule has 0 unspecified atom stereocenters. The van der Waals surface area contributed by atoms with E-state index in [1.54, 1.807) is 36.7 Å². The van der Waals surface area contributed by atoms with Crippen LogP contribution in [0.1, 0.15) is 16.1 Å². The largest absolute Gasteiger partial charge is 0.320 e. The summed E-state index contributed by atoms with van der Waals surface area (Å²) in [5.74, 6) is -0.256. The first-order valence-electron chi connectivity index (χ1n) is 6.67. The van der Waals surface area contributed by atoms with E-state index in [2.05, 4.69) is 20.5 Å². The number of nitrogens with zero attached hydrogens (tertiary/aromatic N) is 2. The molecule has 2 aromatic heterocycles. The number of nitrogens with one attached hydrogen (secondary N) is 2. The van der Waals surface area contributed by atoms with Crippen LogP contribution in [0.3, 0.4) is 0 Å². The predicted molar refractivity (Wildman–Crippen MR) is 86.0 cm³/mol. The number of halogens is 1. The van der Waals surface area contributed by atoms with E-state index in [4.69, 9.17) is 11.6 Å². The van der Waals surface area contributed by atoms with Gasteiger partial charge in [0.15, 0.2) is 0 Å². The zero-order valence-corrected chi connectivity index (χ0v) is 12.6. The first kappa shape index (κ1) is 14.3. The Labute approximate surface area is 132 Å². The summed E-state index contributed by atoms with van der Waals surface area (Å²) in [4.78, 5) is 16.3. The van der Waals surface area contributed by atoms with Crippen molar-refractivity contribution in [2.75, 3.05) is 5.32 Å². The van der Waals surface area contributed by atoms with E-state index < -0.39 is 0 Å². The summed E-state index contributed by atoms with van der Waals surface area (Å²) in [6.45, 7) is 1.88. The van der Waals surface area contributed by atoms with Gasteiger partial charge in [0, 0.05) is 28.7 Å². The normalized spacial score (nSPS) is 10.5. The van der Waals surface area contributed by atoms with Gasteiger partial charge in [0.25, 0.3) is 5.91 Å². The minimum absolute atomic E-state index is 0.256. The maximum Gasteiger partial charge on any atom is 0.273 e. The average molecular weight is 313 g/mol. The van der Waals surface area contributed by atoms with Gasteiger partial charge >= 0.3 is 0 Å². The standard InChI is InChI=1S/C16H13ClN4O/c1-10-7-12(17)4-5-13(10)19-16(22)15-8-14(20-21-15)11-3-2-6-18-9-11/h2-9H,1H3,(H,19,22)(H,20,21). The number of anilines is 1. The summed E-state index contributed by atoms with van der Waals surface area (Å²) < 4.78 is 0. The van der Waals surface area contributed by atoms with E-state index in [1.807, 2.05) is 19.1 Å². The van der Waals surface area contributed by atoms with Gasteiger partial charge in [0.1, 0.15) is 5.69 Å². The molecule has 5 nitrogen and oxygen atoms in total. The first-order chi connectivity index (χ1) is 10.6. The minimum Gasteiger partial charge on any atom is -0.320 e. The van der Waals surface area contributed by atoms with Gasteiger partial charge in [-0.2, -0.15) is 5.10 Å². The maximum atomic E-state index is 12.3. The number of benzene rings is 1. The molecule has 0 radical (unpaired) electrons. The summed E-state index contributed by atoms with van der Waals surface area (Å²) in [6, 6.07) is 10.7. The van der Waals surface area contributed by atoms with Crippen LogP contribution in [0, 0.1) is 6.92 Å². The number of H-pyrrole nitrogens is 1. The highest BCUT2D eigenvalue weighted by molar-refractivity contribution is 6.30. The van der Waals surface area contributed by atoms with Crippen LogP contribution < -0.4 is 5.32 Å². The molecule has 1 amide bonds. The fourth-order valence-corrected chi connectivity index (χ4v) is 2.28. The number of hydrogen-bond donors (Lipinski definition) is 2. The first-order valence-corrected chi connectivity index (χ1v) is 7.04. The Hall–Kier alpha value is -2.66. The molecule has 0 spiro atoms. The molecule has 0 saturated carbocycles. The van der Waals surface area contributed by atoms with Crippen LogP contribution in [0.5, 0.6) is 0 Å². The van der Waals surface area contributed by atoms with Crippen LogP contribution in [0.15, 0.2) is 48.8 Å². The van der Waals surface area contributed by atoms with Crippen molar-refractivity contribution >= 4 is 23.2 Å². The van der Waals surface area contributed by atoms with Crippen LogP contribution in [0.25, 0.3) is 11.3 Å². The molecule has 0 aliphatic carbocycles. The SMILES string of the molecule is Cc1cc(Cl)ccc1NC(=O)c1cc(-c2cccnc2)n[nH]1. The third-order valence-corrected chi connectivity index (χ3v) is 3.45. The van der Waals surface area contributed by atoms with Gasteiger partial charge < -0.3 is 5.32 Å². The summed E-state index contributed by atoms with van der Waals surface area (Å²) in [6.07, 6.45) is 3.38. The van der Waals surface area contributed by atoms with Crippen LogP contribution in [0.2, 0.25) is 5.02 Å². The fourth-order valence-electron chi connectivity index (χ4n) is 2.06. The summed E-state index contributed by atoms with van der Waals surface area (Å²) in [5, 5.41) is 10.3. The molecule has 0 fully saturated rings. The number of carbonyl (C=O) groups excluding carboxylic acids is 1. The predicted octanol–water partition coefficient (Wildman–Crippen LogP) is 3.69. The van der Waals surface area contributed by atoms with Crippen molar-refractivity contribution in [1.82, 2.24) is 15.2 Å². The van der Waals surface area contributed by atoms with Crippen LogP contribution >= 0.6 is 11.6 Å². The molecule has 3 aromatic rings. The Morgan fingerprint density at radius 1 is 1.27 bits per heavy atom. The van der Waals surface area contributed by atoms with E-state index in [0.717, 1.165) is 11.1 Å². The Morgan fingerprint density at radius 2 is 2.14 bits per heavy atom. The lowest BCUT2D eigenvalue weighted by molar-refractivity contribution is 0.102. The van der Waals surface area contributed by atoms with Crippen molar-refractivity contribution in [3.63, 3.8) is 0 Å². The Bertz CT molecular complexity index is 814. The van der Waals surface area contributed by atoms with Crippen LogP contribution in [0.4, 0.5) is 5.69 Å². The molecule has 22 heavy (non-hydrogen) atoms. The second-order valence-electron chi connectivity index (χ2n) is 4.82. The van der Waals surface area contributed by atoms with Crippen molar-refractivity contribution in [3.8, 4) is 11.3 Å². The summed E-state index contributed by atoms with van der Waals surface area (Å²) in [5.41, 5.74) is 3.51. The smallest absolute Gasteiger partial charge is 0.273 e. The topological polar surface area (TPSA) is 70.7 Å². The van der Waals surface area contributed by atoms with Crippen molar-refractivity contribution in [2.24, 2.45) is 0 Å². The number of aromatic nitrogens is 3. The van der Waals surface area contributed by atoms with Gasteiger partial charge in [-0.05, 0) is 48.9 Å². The molecule has 2 N–H and O–H groups in total. The van der Waals surface area contributed by atoms with Gasteiger partial charge in [-0.1, -0.05) is 11.6 Å². The molecule has 1 aromatic carbocycles. The molecule has 3 rings (SSSR count). The minimum atomic E-state index is -0.256. The molecule has 0 aliphatic heterocycles. The number of aryl methyl sites for hydroxylation is 1. The van der Waals surface area contributed by atoms with Gasteiger partial charge in [-0.15, -0.1) is 0 Å². The third kappa shape index (κ3) is 2.99. The van der Waals surface area contributed by atoms with Gasteiger partial charge in [-0.25, -0.2) is 0 Å². The molecule has 6 heteroatoms. The van der Waals surface area contributed by atoms with E-state index in [1.165, 1.54) is 0 Å². The fraction of sp³-hybridized carbons (Fsp3) is 0.0625. The lowest BCUT2D eigenvalue weighted by atomic mass is 10.2. The highest BCUT2D eigenvalue weighted by atomic mass is 35.5. The Morgan fingerprint density at radius 3 is 2.86 bits per heavy atom. The third-order valence-electron chi connectivity index (χ3n) is 3.22. The van der Waals surface area contributed by atoms with Crippen LogP contribution in [-0.2, 0) is 0 Å². The number of carbonyl (C=O) groups is 1. The quantitative estimate of drug-likeness (QED) is 0.775. The molecule has 0 bridgehead atoms. The Balaban J connectivity index is 1.80. The number of aromatic amines is 1. The van der Waals surface area contributed by atoms with E-state index >= 15 is 0 Å². The van der Waals surface area contributed by atoms with Crippen molar-refractivity contribution in [1.29, 1.82) is 0 Å². The maximum absolute atomic E-state index is 12.3.